The molecule has 18 heavy (non-hydrogen) atoms. The van der Waals surface area contributed by atoms with E-state index in [2.05, 4.69) is 0 Å². The van der Waals surface area contributed by atoms with Gasteiger partial charge in [-0.2, -0.15) is 0 Å². The molecule has 98 valence electrons. The van der Waals surface area contributed by atoms with E-state index in [1.54, 1.807) is 0 Å². The Morgan fingerprint density at radius 3 is 2.94 bits per heavy atom. The maximum Gasteiger partial charge on any atom is 0.180 e. The van der Waals surface area contributed by atoms with Crippen LogP contribution in [0.3, 0.4) is 0 Å². The first-order valence-electron chi connectivity index (χ1n) is 5.95. The van der Waals surface area contributed by atoms with Crippen LogP contribution in [0.5, 0.6) is 11.5 Å². The molecule has 2 N–H and O–H groups in total. The zero-order valence-corrected chi connectivity index (χ0v) is 10.3. The molecule has 5 nitrogen and oxygen atoms in total. The molecular formula is C13H17NO4. The van der Waals surface area contributed by atoms with Gasteiger partial charge in [0.15, 0.2) is 5.78 Å². The predicted octanol–water partition coefficient (Wildman–Crippen LogP) is 1.00. The van der Waals surface area contributed by atoms with Gasteiger partial charge in [-0.25, -0.2) is 0 Å². The van der Waals surface area contributed by atoms with Crippen molar-refractivity contribution in [1.82, 2.24) is 4.90 Å². The molecule has 1 saturated heterocycles. The average Bonchev–Trinajstić information content (AvgIpc) is 2.28. The molecule has 1 atom stereocenters. The lowest BCUT2D eigenvalue weighted by Crippen LogP contribution is -2.43. The number of aromatic hydroxyl groups is 2. The molecule has 1 heterocycles. The normalized spacial score (nSPS) is 20.8. The number of morpholine rings is 1. The second-order valence-corrected chi connectivity index (χ2v) is 4.54. The molecular weight excluding hydrogens is 234 g/mol. The van der Waals surface area contributed by atoms with Gasteiger partial charge in [-0.1, -0.05) is 0 Å². The van der Waals surface area contributed by atoms with Crippen molar-refractivity contribution in [3.05, 3.63) is 23.8 Å². The lowest BCUT2D eigenvalue weighted by atomic mass is 10.1. The summed E-state index contributed by atoms with van der Waals surface area (Å²) < 4.78 is 5.40. The zero-order chi connectivity index (χ0) is 13.1. The third-order valence-corrected chi connectivity index (χ3v) is 2.97. The lowest BCUT2D eigenvalue weighted by Gasteiger charge is -2.30. The number of Topliss-reactive ketones (excluding diaryl/α,β-unsaturated/α-hetero) is 1. The number of carbonyl (C=O) groups excluding carboxylic acids is 1. The molecule has 0 aromatic heterocycles. The Kier molecular flexibility index (Phi) is 3.84. The van der Waals surface area contributed by atoms with Crippen LogP contribution in [-0.2, 0) is 4.74 Å². The lowest BCUT2D eigenvalue weighted by molar-refractivity contribution is -0.0158. The van der Waals surface area contributed by atoms with Gasteiger partial charge in [-0.15, -0.1) is 0 Å². The number of benzene rings is 1. The number of hydrogen-bond donors (Lipinski definition) is 2. The third kappa shape index (κ3) is 3.00. The minimum absolute atomic E-state index is 0.0518. The Labute approximate surface area is 106 Å². The molecule has 5 heteroatoms. The van der Waals surface area contributed by atoms with E-state index in [1.165, 1.54) is 18.2 Å². The van der Waals surface area contributed by atoms with E-state index in [0.717, 1.165) is 6.54 Å². The zero-order valence-electron chi connectivity index (χ0n) is 10.3. The summed E-state index contributed by atoms with van der Waals surface area (Å²) in [6.45, 7) is 4.27. The van der Waals surface area contributed by atoms with Gasteiger partial charge in [-0.3, -0.25) is 9.69 Å². The first kappa shape index (κ1) is 12.9. The highest BCUT2D eigenvalue weighted by Crippen LogP contribution is 2.23. The van der Waals surface area contributed by atoms with Crippen molar-refractivity contribution >= 4 is 5.78 Å². The topological polar surface area (TPSA) is 70.0 Å². The molecule has 1 aliphatic heterocycles. The molecule has 0 aliphatic carbocycles. The van der Waals surface area contributed by atoms with E-state index >= 15 is 0 Å². The summed E-state index contributed by atoms with van der Waals surface area (Å²) in [7, 11) is 0. The predicted molar refractivity (Wildman–Crippen MR) is 66.0 cm³/mol. The van der Waals surface area contributed by atoms with E-state index < -0.39 is 0 Å². The van der Waals surface area contributed by atoms with Gasteiger partial charge in [0.2, 0.25) is 0 Å². The number of phenolic OH excluding ortho intramolecular Hbond substituents is 2. The Balaban J connectivity index is 2.03. The molecule has 0 radical (unpaired) electrons. The summed E-state index contributed by atoms with van der Waals surface area (Å²) >= 11 is 0. The van der Waals surface area contributed by atoms with Crippen LogP contribution < -0.4 is 0 Å². The highest BCUT2D eigenvalue weighted by Gasteiger charge is 2.21. The number of ketones is 1. The van der Waals surface area contributed by atoms with Crippen molar-refractivity contribution in [3.63, 3.8) is 0 Å². The summed E-state index contributed by atoms with van der Waals surface area (Å²) in [6, 6.07) is 4.01. The van der Waals surface area contributed by atoms with Crippen molar-refractivity contribution in [3.8, 4) is 11.5 Å². The van der Waals surface area contributed by atoms with Gasteiger partial charge in [-0.05, 0) is 19.1 Å². The summed E-state index contributed by atoms with van der Waals surface area (Å²) in [5.74, 6) is -0.382. The molecule has 0 bridgehead atoms. The molecule has 1 aromatic carbocycles. The highest BCUT2D eigenvalue weighted by atomic mass is 16.5. The molecule has 0 amide bonds. The fourth-order valence-electron chi connectivity index (χ4n) is 2.08. The summed E-state index contributed by atoms with van der Waals surface area (Å²) in [6.07, 6.45) is 0.125. The number of nitrogens with zero attached hydrogens (tertiary/aromatic N) is 1. The maximum absolute atomic E-state index is 12.0. The van der Waals surface area contributed by atoms with Crippen molar-refractivity contribution in [2.24, 2.45) is 0 Å². The minimum Gasteiger partial charge on any atom is -0.508 e. The molecule has 1 fully saturated rings. The molecule has 0 saturated carbocycles. The van der Waals surface area contributed by atoms with E-state index in [9.17, 15) is 15.0 Å². The number of rotatable bonds is 3. The number of hydrogen-bond acceptors (Lipinski definition) is 5. The van der Waals surface area contributed by atoms with E-state index in [0.29, 0.717) is 13.2 Å². The van der Waals surface area contributed by atoms with Gasteiger partial charge in [0.25, 0.3) is 0 Å². The van der Waals surface area contributed by atoms with Crippen molar-refractivity contribution in [2.75, 3.05) is 26.2 Å². The Bertz CT molecular complexity index is 447. The number of phenols is 2. The largest absolute Gasteiger partial charge is 0.508 e. The number of carbonyl (C=O) groups is 1. The molecule has 1 aromatic rings. The monoisotopic (exact) mass is 251 g/mol. The second kappa shape index (κ2) is 5.37. The van der Waals surface area contributed by atoms with Gasteiger partial charge < -0.3 is 14.9 Å². The van der Waals surface area contributed by atoms with Crippen LogP contribution in [0.25, 0.3) is 0 Å². The number of ether oxygens (including phenoxy) is 1. The fourth-order valence-corrected chi connectivity index (χ4v) is 2.08. The smallest absolute Gasteiger partial charge is 0.180 e. The van der Waals surface area contributed by atoms with Crippen LogP contribution in [0.1, 0.15) is 17.3 Å². The first-order chi connectivity index (χ1) is 8.56. The van der Waals surface area contributed by atoms with Crippen LogP contribution in [0.4, 0.5) is 0 Å². The van der Waals surface area contributed by atoms with Crippen molar-refractivity contribution in [1.29, 1.82) is 0 Å². The van der Waals surface area contributed by atoms with Gasteiger partial charge in [0, 0.05) is 19.2 Å². The quantitative estimate of drug-likeness (QED) is 0.784. The summed E-state index contributed by atoms with van der Waals surface area (Å²) in [5.41, 5.74) is 0.243. The highest BCUT2D eigenvalue weighted by molar-refractivity contribution is 6.00. The standard InChI is InChI=1S/C13H17NO4/c1-9-7-14(4-5-18-9)8-13(17)11-3-2-10(15)6-12(11)16/h2-3,6,9,15-16H,4-5,7-8H2,1H3. The third-order valence-electron chi connectivity index (χ3n) is 2.97. The van der Waals surface area contributed by atoms with E-state index in [1.807, 2.05) is 11.8 Å². The van der Waals surface area contributed by atoms with E-state index in [-0.39, 0.29) is 35.5 Å². The average molecular weight is 251 g/mol. The SMILES string of the molecule is CC1CN(CC(=O)c2ccc(O)cc2O)CCO1. The van der Waals surface area contributed by atoms with Crippen LogP contribution in [0, 0.1) is 0 Å². The molecule has 1 aliphatic rings. The molecule has 1 unspecified atom stereocenters. The maximum atomic E-state index is 12.0. The van der Waals surface area contributed by atoms with Crippen LogP contribution in [-0.4, -0.2) is 53.2 Å². The Hall–Kier alpha value is -1.59. The van der Waals surface area contributed by atoms with Crippen LogP contribution in [0.15, 0.2) is 18.2 Å². The van der Waals surface area contributed by atoms with Gasteiger partial charge in [0.05, 0.1) is 24.8 Å². The molecule has 2 rings (SSSR count). The Morgan fingerprint density at radius 2 is 2.28 bits per heavy atom. The summed E-state index contributed by atoms with van der Waals surface area (Å²) in [5, 5.41) is 18.8. The van der Waals surface area contributed by atoms with Gasteiger partial charge in [0.1, 0.15) is 11.5 Å². The fraction of sp³-hybridized carbons (Fsp3) is 0.462. The Morgan fingerprint density at radius 1 is 1.50 bits per heavy atom. The van der Waals surface area contributed by atoms with Gasteiger partial charge >= 0.3 is 0 Å². The van der Waals surface area contributed by atoms with E-state index in [4.69, 9.17) is 4.74 Å². The summed E-state index contributed by atoms with van der Waals surface area (Å²) in [4.78, 5) is 14.0. The second-order valence-electron chi connectivity index (χ2n) is 4.54. The van der Waals surface area contributed by atoms with Crippen LogP contribution >= 0.6 is 0 Å². The minimum atomic E-state index is -0.179. The first-order valence-corrected chi connectivity index (χ1v) is 5.95. The van der Waals surface area contributed by atoms with Crippen molar-refractivity contribution in [2.45, 2.75) is 13.0 Å². The van der Waals surface area contributed by atoms with Crippen LogP contribution in [0.2, 0.25) is 0 Å². The molecule has 0 spiro atoms. The van der Waals surface area contributed by atoms with Crippen molar-refractivity contribution < 1.29 is 19.7 Å².